The van der Waals surface area contributed by atoms with Crippen molar-refractivity contribution in [3.63, 3.8) is 0 Å². The Bertz CT molecular complexity index is 919. The number of benzene rings is 1. The van der Waals surface area contributed by atoms with Crippen molar-refractivity contribution < 1.29 is 18.7 Å². The van der Waals surface area contributed by atoms with Gasteiger partial charge >= 0.3 is 5.97 Å². The summed E-state index contributed by atoms with van der Waals surface area (Å²) < 4.78 is 17.6. The van der Waals surface area contributed by atoms with Gasteiger partial charge in [0.1, 0.15) is 5.75 Å². The first-order chi connectivity index (χ1) is 16.0. The number of allylic oxidation sites excluding steroid dienone is 1. The highest BCUT2D eigenvalue weighted by Gasteiger charge is 2.38. The molecule has 0 radical (unpaired) electrons. The maximum Gasteiger partial charge on any atom is 0.330 e. The molecule has 0 heterocycles. The van der Waals surface area contributed by atoms with Gasteiger partial charge in [0.05, 0.1) is 13.7 Å². The van der Waals surface area contributed by atoms with E-state index in [-0.39, 0.29) is 21.8 Å². The Labute approximate surface area is 216 Å². The van der Waals surface area contributed by atoms with E-state index >= 15 is 0 Å². The molecule has 0 saturated carbocycles. The number of carbonyl (C=O) groups is 1. The summed E-state index contributed by atoms with van der Waals surface area (Å²) in [5.74, 6) is 0.525. The molecule has 0 aromatic heterocycles. The Balaban J connectivity index is 2.15. The molecule has 35 heavy (non-hydrogen) atoms. The molecule has 2 rings (SSSR count). The zero-order valence-corrected chi connectivity index (χ0v) is 25.3. The van der Waals surface area contributed by atoms with Crippen LogP contribution >= 0.6 is 0 Å². The van der Waals surface area contributed by atoms with E-state index in [0.717, 1.165) is 55.6 Å². The predicted molar refractivity (Wildman–Crippen MR) is 150 cm³/mol. The Morgan fingerprint density at radius 1 is 0.971 bits per heavy atom. The maximum absolute atomic E-state index is 12.0. The van der Waals surface area contributed by atoms with Crippen molar-refractivity contribution in [3.05, 3.63) is 34.9 Å². The molecule has 0 bridgehead atoms. The van der Waals surface area contributed by atoms with Gasteiger partial charge in [-0.15, -0.1) is 0 Å². The van der Waals surface area contributed by atoms with Crippen molar-refractivity contribution in [3.8, 4) is 5.75 Å². The monoisotopic (exact) mass is 502 g/mol. The summed E-state index contributed by atoms with van der Waals surface area (Å²) in [7, 11) is -0.264. The number of hydrogen-bond acceptors (Lipinski definition) is 4. The molecule has 0 unspecified atom stereocenters. The van der Waals surface area contributed by atoms with Crippen molar-refractivity contribution in [2.45, 2.75) is 116 Å². The summed E-state index contributed by atoms with van der Waals surface area (Å²) in [6.45, 7) is 24.2. The molecule has 0 N–H and O–H groups in total. The third kappa shape index (κ3) is 7.45. The van der Waals surface area contributed by atoms with Crippen LogP contribution < -0.4 is 4.74 Å². The molecule has 5 heteroatoms. The third-order valence-electron chi connectivity index (χ3n) is 8.23. The highest BCUT2D eigenvalue weighted by molar-refractivity contribution is 6.74. The first kappa shape index (κ1) is 29.6. The Morgan fingerprint density at radius 3 is 2.06 bits per heavy atom. The van der Waals surface area contributed by atoms with Gasteiger partial charge in [0.25, 0.3) is 0 Å². The molecule has 1 aromatic carbocycles. The summed E-state index contributed by atoms with van der Waals surface area (Å²) in [5, 5.41) is 0.247. The minimum absolute atomic E-state index is 0.0911. The van der Waals surface area contributed by atoms with Gasteiger partial charge in [-0.1, -0.05) is 48.5 Å². The van der Waals surface area contributed by atoms with Gasteiger partial charge in [0.15, 0.2) is 8.32 Å². The number of hydrogen-bond donors (Lipinski definition) is 0. The molecule has 198 valence electrons. The number of unbranched alkanes of at least 4 members (excludes halogenated alkanes) is 2. The fourth-order valence-corrected chi connectivity index (χ4v) is 5.53. The van der Waals surface area contributed by atoms with E-state index in [9.17, 15) is 4.79 Å². The fourth-order valence-electron chi connectivity index (χ4n) is 4.44. The molecule has 0 aliphatic heterocycles. The molecular formula is C30H50O4Si. The van der Waals surface area contributed by atoms with Crippen LogP contribution in [0.5, 0.6) is 5.75 Å². The molecule has 0 amide bonds. The van der Waals surface area contributed by atoms with Gasteiger partial charge in [-0.05, 0) is 96.8 Å². The first-order valence-corrected chi connectivity index (χ1v) is 16.1. The lowest BCUT2D eigenvalue weighted by Crippen LogP contribution is -2.40. The third-order valence-corrected chi connectivity index (χ3v) is 12.8. The van der Waals surface area contributed by atoms with E-state index in [1.807, 2.05) is 6.92 Å². The van der Waals surface area contributed by atoms with Gasteiger partial charge in [-0.3, -0.25) is 0 Å². The van der Waals surface area contributed by atoms with Crippen LogP contribution in [-0.2, 0) is 24.8 Å². The molecule has 0 fully saturated rings. The topological polar surface area (TPSA) is 44.8 Å². The number of rotatable bonds is 10. The Hall–Kier alpha value is -1.59. The number of fused-ring (bicyclic) bond motifs is 1. The zero-order chi connectivity index (χ0) is 26.7. The lowest BCUT2D eigenvalue weighted by molar-refractivity contribution is -0.134. The normalized spacial score (nSPS) is 17.6. The van der Waals surface area contributed by atoms with E-state index < -0.39 is 8.32 Å². The summed E-state index contributed by atoms with van der Waals surface area (Å²) in [5.41, 5.74) is 4.77. The van der Waals surface area contributed by atoms with Crippen molar-refractivity contribution in [1.29, 1.82) is 0 Å². The molecular weight excluding hydrogens is 452 g/mol. The quantitative estimate of drug-likeness (QED) is 0.140. The van der Waals surface area contributed by atoms with Gasteiger partial charge in [-0.2, -0.15) is 0 Å². The minimum atomic E-state index is -1.68. The number of esters is 1. The average Bonchev–Trinajstić information content (AvgIpc) is 2.74. The number of methoxy groups -OCH3 is 1. The SMILES string of the molecule is COC(=O)/C=C(/C)c1cc2c(cc1OCCCCCO[Si](C)(C)C(C)(C)C)C(C)(C)CCC2(C)C. The van der Waals surface area contributed by atoms with Crippen LogP contribution in [0, 0.1) is 0 Å². The van der Waals surface area contributed by atoms with Crippen LogP contribution in [0.15, 0.2) is 18.2 Å². The Kier molecular flexibility index (Phi) is 9.49. The number of ether oxygens (including phenoxy) is 2. The minimum Gasteiger partial charge on any atom is -0.493 e. The van der Waals surface area contributed by atoms with Crippen LogP contribution in [-0.4, -0.2) is 34.6 Å². The van der Waals surface area contributed by atoms with Crippen LogP contribution in [0.2, 0.25) is 18.1 Å². The first-order valence-electron chi connectivity index (χ1n) is 13.2. The average molecular weight is 503 g/mol. The second kappa shape index (κ2) is 11.2. The second-order valence-electron chi connectivity index (χ2n) is 13.0. The summed E-state index contributed by atoms with van der Waals surface area (Å²) in [4.78, 5) is 12.0. The van der Waals surface area contributed by atoms with Gasteiger partial charge < -0.3 is 13.9 Å². The highest BCUT2D eigenvalue weighted by atomic mass is 28.4. The van der Waals surface area contributed by atoms with Crippen molar-refractivity contribution in [1.82, 2.24) is 0 Å². The highest BCUT2D eigenvalue weighted by Crippen LogP contribution is 2.48. The van der Waals surface area contributed by atoms with Crippen molar-refractivity contribution in [2.24, 2.45) is 0 Å². The van der Waals surface area contributed by atoms with Gasteiger partial charge in [0.2, 0.25) is 0 Å². The molecule has 0 saturated heterocycles. The van der Waals surface area contributed by atoms with E-state index in [1.54, 1.807) is 6.08 Å². The van der Waals surface area contributed by atoms with Crippen molar-refractivity contribution in [2.75, 3.05) is 20.3 Å². The second-order valence-corrected chi connectivity index (χ2v) is 17.8. The lowest BCUT2D eigenvalue weighted by atomic mass is 9.62. The van der Waals surface area contributed by atoms with Crippen molar-refractivity contribution >= 4 is 19.9 Å². The van der Waals surface area contributed by atoms with E-state index in [1.165, 1.54) is 18.2 Å². The molecule has 1 aromatic rings. The van der Waals surface area contributed by atoms with E-state index in [4.69, 9.17) is 13.9 Å². The Morgan fingerprint density at radius 2 is 1.51 bits per heavy atom. The predicted octanol–water partition coefficient (Wildman–Crippen LogP) is 8.18. The van der Waals surface area contributed by atoms with Crippen LogP contribution in [0.4, 0.5) is 0 Å². The molecule has 1 aliphatic rings. The smallest absolute Gasteiger partial charge is 0.330 e. The van der Waals surface area contributed by atoms with Crippen LogP contribution in [0.25, 0.3) is 5.57 Å². The van der Waals surface area contributed by atoms with Gasteiger partial charge in [-0.25, -0.2) is 4.79 Å². The summed E-state index contributed by atoms with van der Waals surface area (Å²) in [6, 6.07) is 4.49. The fraction of sp³-hybridized carbons (Fsp3) is 0.700. The van der Waals surface area contributed by atoms with E-state index in [2.05, 4.69) is 73.7 Å². The summed E-state index contributed by atoms with van der Waals surface area (Å²) >= 11 is 0. The largest absolute Gasteiger partial charge is 0.493 e. The van der Waals surface area contributed by atoms with Crippen LogP contribution in [0.1, 0.15) is 104 Å². The molecule has 1 aliphatic carbocycles. The lowest BCUT2D eigenvalue weighted by Gasteiger charge is -2.42. The molecule has 4 nitrogen and oxygen atoms in total. The van der Waals surface area contributed by atoms with E-state index in [0.29, 0.717) is 6.61 Å². The van der Waals surface area contributed by atoms with Gasteiger partial charge in [0, 0.05) is 18.2 Å². The number of carbonyl (C=O) groups excluding carboxylic acids is 1. The standard InChI is InChI=1S/C30H50O4Si/c1-22(19-27(31)32-9)23-20-24-25(30(7,8)16-15-29(24,5)6)21-26(23)33-17-13-12-14-18-34-35(10,11)28(2,3)4/h19-21H,12-18H2,1-11H3/b22-19-. The molecule has 0 atom stereocenters. The maximum atomic E-state index is 12.0. The summed E-state index contributed by atoms with van der Waals surface area (Å²) in [6.07, 6.45) is 6.96. The van der Waals surface area contributed by atoms with Crippen LogP contribution in [0.3, 0.4) is 0 Å². The zero-order valence-electron chi connectivity index (χ0n) is 24.3. The molecule has 0 spiro atoms.